The molecule has 0 amide bonds. The summed E-state index contributed by atoms with van der Waals surface area (Å²) >= 11 is 0. The van der Waals surface area contributed by atoms with E-state index >= 15 is 0 Å². The summed E-state index contributed by atoms with van der Waals surface area (Å²) in [4.78, 5) is 0. The molecule has 0 saturated carbocycles. The fourth-order valence-corrected chi connectivity index (χ4v) is 0.882. The van der Waals surface area contributed by atoms with Gasteiger partial charge < -0.3 is 9.52 Å². The molecular formula is C9H10F2O2. The van der Waals surface area contributed by atoms with Gasteiger partial charge in [-0.25, -0.2) is 8.78 Å². The Hall–Kier alpha value is -1.16. The van der Waals surface area contributed by atoms with E-state index in [4.69, 9.17) is 9.52 Å². The first-order chi connectivity index (χ1) is 6.11. The van der Waals surface area contributed by atoms with E-state index in [1.165, 1.54) is 19.3 Å². The zero-order chi connectivity index (χ0) is 9.84. The molecule has 1 rings (SSSR count). The summed E-state index contributed by atoms with van der Waals surface area (Å²) in [5, 5.41) is 8.93. The number of aliphatic hydroxyl groups is 1. The van der Waals surface area contributed by atoms with Crippen molar-refractivity contribution in [2.45, 2.75) is 19.5 Å². The van der Waals surface area contributed by atoms with Crippen molar-refractivity contribution in [3.8, 4) is 0 Å². The van der Waals surface area contributed by atoms with Crippen LogP contribution in [0.3, 0.4) is 0 Å². The minimum Gasteiger partial charge on any atom is -0.465 e. The molecule has 1 aromatic rings. The molecule has 72 valence electrons. The average molecular weight is 188 g/mol. The molecular weight excluding hydrogens is 178 g/mol. The highest BCUT2D eigenvalue weighted by Gasteiger charge is 2.18. The van der Waals surface area contributed by atoms with Crippen LogP contribution < -0.4 is 0 Å². The molecule has 2 nitrogen and oxygen atoms in total. The molecule has 0 fully saturated rings. The van der Waals surface area contributed by atoms with E-state index in [0.717, 1.165) is 0 Å². The lowest BCUT2D eigenvalue weighted by molar-refractivity contribution is 0.0181. The lowest BCUT2D eigenvalue weighted by atomic mass is 10.1. The van der Waals surface area contributed by atoms with Gasteiger partial charge in [-0.1, -0.05) is 0 Å². The van der Waals surface area contributed by atoms with Crippen LogP contribution in [0.15, 0.2) is 28.4 Å². The topological polar surface area (TPSA) is 33.4 Å². The first kappa shape index (κ1) is 9.92. The van der Waals surface area contributed by atoms with Gasteiger partial charge in [-0.2, -0.15) is 0 Å². The number of halogens is 2. The Morgan fingerprint density at radius 1 is 1.62 bits per heavy atom. The van der Waals surface area contributed by atoms with Gasteiger partial charge in [0.2, 0.25) is 0 Å². The Kier molecular flexibility index (Phi) is 3.19. The van der Waals surface area contributed by atoms with E-state index in [9.17, 15) is 8.78 Å². The fourth-order valence-electron chi connectivity index (χ4n) is 0.882. The highest BCUT2D eigenvalue weighted by molar-refractivity contribution is 5.47. The van der Waals surface area contributed by atoms with E-state index < -0.39 is 12.5 Å². The highest BCUT2D eigenvalue weighted by Crippen LogP contribution is 2.14. The Bertz CT molecular complexity index is 278. The van der Waals surface area contributed by atoms with E-state index in [0.29, 0.717) is 5.76 Å². The van der Waals surface area contributed by atoms with Gasteiger partial charge in [0.25, 0.3) is 6.43 Å². The highest BCUT2D eigenvalue weighted by atomic mass is 19.3. The molecule has 0 aromatic carbocycles. The van der Waals surface area contributed by atoms with Crippen LogP contribution in [0.4, 0.5) is 8.78 Å². The van der Waals surface area contributed by atoms with Crippen molar-refractivity contribution in [1.82, 2.24) is 0 Å². The Balaban J connectivity index is 2.72. The van der Waals surface area contributed by atoms with E-state index in [1.54, 1.807) is 12.1 Å². The van der Waals surface area contributed by atoms with Crippen molar-refractivity contribution in [3.63, 3.8) is 0 Å². The summed E-state index contributed by atoms with van der Waals surface area (Å²) in [5.41, 5.74) is 0.185. The minimum atomic E-state index is -2.76. The van der Waals surface area contributed by atoms with Crippen LogP contribution in [0, 0.1) is 0 Å². The second kappa shape index (κ2) is 4.18. The van der Waals surface area contributed by atoms with Gasteiger partial charge in [0.15, 0.2) is 0 Å². The van der Waals surface area contributed by atoms with Crippen molar-refractivity contribution in [2.75, 3.05) is 0 Å². The average Bonchev–Trinajstić information content (AvgIpc) is 2.55. The second-order valence-electron chi connectivity index (χ2n) is 2.68. The molecule has 0 saturated heterocycles. The van der Waals surface area contributed by atoms with Crippen LogP contribution in [-0.4, -0.2) is 17.6 Å². The Labute approximate surface area is 74.5 Å². The van der Waals surface area contributed by atoms with E-state index in [-0.39, 0.29) is 5.57 Å². The van der Waals surface area contributed by atoms with Crippen LogP contribution in [0.5, 0.6) is 0 Å². The van der Waals surface area contributed by atoms with Crippen molar-refractivity contribution in [2.24, 2.45) is 0 Å². The summed E-state index contributed by atoms with van der Waals surface area (Å²) in [7, 11) is 0. The maximum atomic E-state index is 12.0. The third-order valence-corrected chi connectivity index (χ3v) is 1.62. The van der Waals surface area contributed by atoms with Crippen LogP contribution in [0.1, 0.15) is 12.7 Å². The molecule has 1 atom stereocenters. The van der Waals surface area contributed by atoms with Gasteiger partial charge in [-0.05, 0) is 30.7 Å². The molecule has 1 aromatic heterocycles. The maximum Gasteiger partial charge on any atom is 0.267 e. The molecule has 0 bridgehead atoms. The monoisotopic (exact) mass is 188 g/mol. The molecule has 1 N–H and O–H groups in total. The molecule has 13 heavy (non-hydrogen) atoms. The van der Waals surface area contributed by atoms with Gasteiger partial charge in [0.05, 0.1) is 6.26 Å². The number of furan rings is 1. The predicted molar refractivity (Wildman–Crippen MR) is 44.4 cm³/mol. The number of aliphatic hydroxyl groups excluding tert-OH is 1. The van der Waals surface area contributed by atoms with Gasteiger partial charge in [0.1, 0.15) is 11.9 Å². The smallest absolute Gasteiger partial charge is 0.267 e. The lowest BCUT2D eigenvalue weighted by Gasteiger charge is -2.08. The van der Waals surface area contributed by atoms with Crippen molar-refractivity contribution < 1.29 is 18.3 Å². The quantitative estimate of drug-likeness (QED) is 0.789. The Morgan fingerprint density at radius 2 is 2.31 bits per heavy atom. The Morgan fingerprint density at radius 3 is 2.77 bits per heavy atom. The molecule has 0 aliphatic heterocycles. The van der Waals surface area contributed by atoms with Crippen molar-refractivity contribution in [3.05, 3.63) is 29.7 Å². The van der Waals surface area contributed by atoms with Crippen LogP contribution in [0.2, 0.25) is 0 Å². The largest absolute Gasteiger partial charge is 0.465 e. The zero-order valence-electron chi connectivity index (χ0n) is 7.08. The van der Waals surface area contributed by atoms with Crippen molar-refractivity contribution >= 4 is 6.08 Å². The summed E-state index contributed by atoms with van der Waals surface area (Å²) in [6.45, 7) is 1.43. The SMILES string of the molecule is C/C(=C\c1ccco1)C(O)C(F)F. The third kappa shape index (κ3) is 2.66. The summed E-state index contributed by atoms with van der Waals surface area (Å²) < 4.78 is 28.9. The van der Waals surface area contributed by atoms with Crippen LogP contribution >= 0.6 is 0 Å². The lowest BCUT2D eigenvalue weighted by Crippen LogP contribution is -2.18. The summed E-state index contributed by atoms with van der Waals surface area (Å²) in [6.07, 6.45) is -1.65. The first-order valence-electron chi connectivity index (χ1n) is 3.79. The third-order valence-electron chi connectivity index (χ3n) is 1.62. The molecule has 0 aliphatic carbocycles. The number of alkyl halides is 2. The van der Waals surface area contributed by atoms with E-state index in [1.807, 2.05) is 0 Å². The zero-order valence-corrected chi connectivity index (χ0v) is 7.08. The minimum absolute atomic E-state index is 0.185. The summed E-state index contributed by atoms with van der Waals surface area (Å²) in [6, 6.07) is 3.27. The first-order valence-corrected chi connectivity index (χ1v) is 3.79. The molecule has 1 heterocycles. The number of hydrogen-bond acceptors (Lipinski definition) is 2. The second-order valence-corrected chi connectivity index (χ2v) is 2.68. The molecule has 0 radical (unpaired) electrons. The number of rotatable bonds is 3. The molecule has 4 heteroatoms. The van der Waals surface area contributed by atoms with Gasteiger partial charge in [0, 0.05) is 0 Å². The fraction of sp³-hybridized carbons (Fsp3) is 0.333. The van der Waals surface area contributed by atoms with Crippen LogP contribution in [0.25, 0.3) is 6.08 Å². The predicted octanol–water partition coefficient (Wildman–Crippen LogP) is 2.31. The van der Waals surface area contributed by atoms with Gasteiger partial charge in [-0.3, -0.25) is 0 Å². The molecule has 0 aliphatic rings. The number of hydrogen-bond donors (Lipinski definition) is 1. The van der Waals surface area contributed by atoms with Gasteiger partial charge in [-0.15, -0.1) is 0 Å². The van der Waals surface area contributed by atoms with Crippen LogP contribution in [-0.2, 0) is 0 Å². The molecule has 0 spiro atoms. The van der Waals surface area contributed by atoms with Crippen molar-refractivity contribution in [1.29, 1.82) is 0 Å². The molecule has 1 unspecified atom stereocenters. The normalized spacial score (nSPS) is 15.0. The summed E-state index contributed by atoms with van der Waals surface area (Å²) in [5.74, 6) is 0.456. The van der Waals surface area contributed by atoms with Gasteiger partial charge >= 0.3 is 0 Å². The maximum absolute atomic E-state index is 12.0. The standard InChI is InChI=1S/C9H10F2O2/c1-6(8(12)9(10)11)5-7-3-2-4-13-7/h2-5,8-9,12H,1H3/b6-5+. The van der Waals surface area contributed by atoms with E-state index in [2.05, 4.69) is 0 Å².